The summed E-state index contributed by atoms with van der Waals surface area (Å²) in [7, 11) is 0. The molecule has 1 heterocycles. The van der Waals surface area contributed by atoms with Gasteiger partial charge in [0, 0.05) is 11.4 Å². The fourth-order valence-electron chi connectivity index (χ4n) is 1.21. The average Bonchev–Trinajstić information content (AvgIpc) is 2.73. The largest absolute Gasteiger partial charge is 0.391 e. The quantitative estimate of drug-likeness (QED) is 0.829. The Labute approximate surface area is 100 Å². The number of nitrogens with one attached hydrogen (secondary N) is 1. The molecule has 0 radical (unpaired) electrons. The second-order valence-electron chi connectivity index (χ2n) is 4.14. The first-order valence-corrected chi connectivity index (χ1v) is 6.41. The maximum absolute atomic E-state index is 11.7. The van der Waals surface area contributed by atoms with E-state index >= 15 is 0 Å². The highest BCUT2D eigenvalue weighted by molar-refractivity contribution is 7.14. The third kappa shape index (κ3) is 3.61. The number of hydrogen-bond donors (Lipinski definition) is 2. The van der Waals surface area contributed by atoms with Crippen molar-refractivity contribution in [3.63, 3.8) is 0 Å². The number of aliphatic hydroxyl groups excluding tert-OH is 1. The normalized spacial score (nSPS) is 12.8. The van der Waals surface area contributed by atoms with E-state index in [-0.39, 0.29) is 11.8 Å². The molecule has 90 valence electrons. The van der Waals surface area contributed by atoms with Crippen molar-refractivity contribution in [1.82, 2.24) is 5.32 Å². The molecule has 1 unspecified atom stereocenters. The first-order chi connectivity index (χ1) is 7.54. The van der Waals surface area contributed by atoms with Gasteiger partial charge in [0.1, 0.15) is 0 Å². The molecule has 3 nitrogen and oxygen atoms in total. The Balaban J connectivity index is 2.46. The maximum atomic E-state index is 11.7. The summed E-state index contributed by atoms with van der Waals surface area (Å²) < 4.78 is 0. The highest BCUT2D eigenvalue weighted by Crippen LogP contribution is 2.16. The number of aliphatic hydroxyl groups is 1. The van der Waals surface area contributed by atoms with Crippen molar-refractivity contribution in [2.75, 3.05) is 6.54 Å². The van der Waals surface area contributed by atoms with Crippen molar-refractivity contribution in [2.45, 2.75) is 33.3 Å². The average molecular weight is 241 g/mol. The van der Waals surface area contributed by atoms with Gasteiger partial charge in [0.15, 0.2) is 0 Å². The van der Waals surface area contributed by atoms with Crippen LogP contribution in [0, 0.1) is 5.92 Å². The summed E-state index contributed by atoms with van der Waals surface area (Å²) in [6.45, 7) is 6.24. The van der Waals surface area contributed by atoms with Crippen LogP contribution in [0.5, 0.6) is 0 Å². The first-order valence-electron chi connectivity index (χ1n) is 5.59. The Kier molecular flexibility index (Phi) is 4.96. The first kappa shape index (κ1) is 13.2. The van der Waals surface area contributed by atoms with E-state index in [1.165, 1.54) is 16.2 Å². The van der Waals surface area contributed by atoms with Crippen LogP contribution in [-0.4, -0.2) is 23.7 Å². The van der Waals surface area contributed by atoms with Gasteiger partial charge in [0.05, 0.1) is 11.0 Å². The van der Waals surface area contributed by atoms with Crippen LogP contribution in [0.2, 0.25) is 0 Å². The van der Waals surface area contributed by atoms with Gasteiger partial charge in [-0.1, -0.05) is 20.8 Å². The zero-order valence-electron chi connectivity index (χ0n) is 9.99. The van der Waals surface area contributed by atoms with Crippen LogP contribution >= 0.6 is 11.3 Å². The third-order valence-corrected chi connectivity index (χ3v) is 3.70. The molecular weight excluding hydrogens is 222 g/mol. The lowest BCUT2D eigenvalue weighted by Crippen LogP contribution is -2.34. The van der Waals surface area contributed by atoms with Gasteiger partial charge < -0.3 is 10.4 Å². The Hall–Kier alpha value is -0.870. The van der Waals surface area contributed by atoms with Gasteiger partial charge in [-0.15, -0.1) is 11.3 Å². The molecular formula is C12H19NO2S. The minimum absolute atomic E-state index is 0.0931. The van der Waals surface area contributed by atoms with Crippen LogP contribution in [0.3, 0.4) is 0 Å². The van der Waals surface area contributed by atoms with E-state index in [0.717, 1.165) is 6.42 Å². The molecule has 1 amide bonds. The molecule has 4 heteroatoms. The van der Waals surface area contributed by atoms with E-state index < -0.39 is 6.10 Å². The number of carbonyl (C=O) groups excluding carboxylic acids is 1. The minimum atomic E-state index is -0.477. The minimum Gasteiger partial charge on any atom is -0.391 e. The maximum Gasteiger partial charge on any atom is 0.261 e. The summed E-state index contributed by atoms with van der Waals surface area (Å²) in [6, 6.07) is 3.80. The predicted octanol–water partition coefficient (Wildman–Crippen LogP) is 2.06. The van der Waals surface area contributed by atoms with Crippen molar-refractivity contribution in [1.29, 1.82) is 0 Å². The van der Waals surface area contributed by atoms with Crippen LogP contribution in [0.1, 0.15) is 35.3 Å². The van der Waals surface area contributed by atoms with Crippen LogP contribution in [0.4, 0.5) is 0 Å². The fourth-order valence-corrected chi connectivity index (χ4v) is 2.07. The molecule has 16 heavy (non-hydrogen) atoms. The van der Waals surface area contributed by atoms with Crippen LogP contribution in [0.15, 0.2) is 12.1 Å². The topological polar surface area (TPSA) is 49.3 Å². The lowest BCUT2D eigenvalue weighted by atomic mass is 10.1. The van der Waals surface area contributed by atoms with Crippen molar-refractivity contribution in [2.24, 2.45) is 5.92 Å². The molecule has 0 saturated heterocycles. The van der Waals surface area contributed by atoms with Gasteiger partial charge in [0.25, 0.3) is 5.91 Å². The van der Waals surface area contributed by atoms with E-state index in [4.69, 9.17) is 0 Å². The highest BCUT2D eigenvalue weighted by Gasteiger charge is 2.13. The number of aryl methyl sites for hydroxylation is 1. The van der Waals surface area contributed by atoms with Crippen molar-refractivity contribution in [3.05, 3.63) is 21.9 Å². The molecule has 1 aromatic heterocycles. The van der Waals surface area contributed by atoms with Crippen LogP contribution < -0.4 is 5.32 Å². The van der Waals surface area contributed by atoms with E-state index in [0.29, 0.717) is 11.4 Å². The van der Waals surface area contributed by atoms with Gasteiger partial charge in [-0.25, -0.2) is 0 Å². The van der Waals surface area contributed by atoms with Gasteiger partial charge in [-0.3, -0.25) is 4.79 Å². The molecule has 0 spiro atoms. The number of rotatable bonds is 5. The zero-order valence-corrected chi connectivity index (χ0v) is 10.8. The van der Waals surface area contributed by atoms with E-state index in [1.54, 1.807) is 0 Å². The van der Waals surface area contributed by atoms with E-state index in [1.807, 2.05) is 26.0 Å². The molecule has 0 bridgehead atoms. The molecule has 0 aliphatic heterocycles. The third-order valence-electron chi connectivity index (χ3n) is 2.48. The second kappa shape index (κ2) is 6.01. The summed E-state index contributed by atoms with van der Waals surface area (Å²) in [4.78, 5) is 13.6. The number of carbonyl (C=O) groups is 1. The molecule has 0 aliphatic carbocycles. The van der Waals surface area contributed by atoms with Crippen molar-refractivity contribution >= 4 is 17.2 Å². The molecule has 0 aliphatic rings. The summed E-state index contributed by atoms with van der Waals surface area (Å²) in [5, 5.41) is 12.3. The number of thiophene rings is 1. The second-order valence-corrected chi connectivity index (χ2v) is 5.31. The summed E-state index contributed by atoms with van der Waals surface area (Å²) in [5.41, 5.74) is 0. The SMILES string of the molecule is CCc1ccc(C(=O)NCC(O)C(C)C)s1. The molecule has 1 rings (SSSR count). The monoisotopic (exact) mass is 241 g/mol. The number of hydrogen-bond acceptors (Lipinski definition) is 3. The molecule has 0 saturated carbocycles. The molecule has 0 fully saturated rings. The Morgan fingerprint density at radius 1 is 1.50 bits per heavy atom. The fraction of sp³-hybridized carbons (Fsp3) is 0.583. The molecule has 1 aromatic rings. The van der Waals surface area contributed by atoms with Crippen molar-refractivity contribution < 1.29 is 9.90 Å². The predicted molar refractivity (Wildman–Crippen MR) is 66.9 cm³/mol. The standard InChI is InChI=1S/C12H19NO2S/c1-4-9-5-6-11(16-9)12(15)13-7-10(14)8(2)3/h5-6,8,10,14H,4,7H2,1-3H3,(H,13,15). The highest BCUT2D eigenvalue weighted by atomic mass is 32.1. The van der Waals surface area contributed by atoms with Gasteiger partial charge in [-0.2, -0.15) is 0 Å². The van der Waals surface area contributed by atoms with Gasteiger partial charge >= 0.3 is 0 Å². The number of amides is 1. The lowest BCUT2D eigenvalue weighted by Gasteiger charge is -2.14. The Morgan fingerprint density at radius 2 is 2.19 bits per heavy atom. The summed E-state index contributed by atoms with van der Waals surface area (Å²) in [6.07, 6.45) is 0.474. The Morgan fingerprint density at radius 3 is 2.69 bits per heavy atom. The van der Waals surface area contributed by atoms with Gasteiger partial charge in [-0.05, 0) is 24.5 Å². The summed E-state index contributed by atoms with van der Waals surface area (Å²) in [5.74, 6) is 0.0687. The lowest BCUT2D eigenvalue weighted by molar-refractivity contribution is 0.0875. The molecule has 2 N–H and O–H groups in total. The van der Waals surface area contributed by atoms with Gasteiger partial charge in [0.2, 0.25) is 0 Å². The molecule has 0 aromatic carbocycles. The van der Waals surface area contributed by atoms with Crippen LogP contribution in [-0.2, 0) is 6.42 Å². The van der Waals surface area contributed by atoms with Crippen molar-refractivity contribution in [3.8, 4) is 0 Å². The van der Waals surface area contributed by atoms with E-state index in [2.05, 4.69) is 12.2 Å². The molecule has 1 atom stereocenters. The van der Waals surface area contributed by atoms with Crippen LogP contribution in [0.25, 0.3) is 0 Å². The van der Waals surface area contributed by atoms with E-state index in [9.17, 15) is 9.90 Å². The Bertz CT molecular complexity index is 347. The zero-order chi connectivity index (χ0) is 12.1. The smallest absolute Gasteiger partial charge is 0.261 e. The summed E-state index contributed by atoms with van der Waals surface area (Å²) >= 11 is 1.51.